The Morgan fingerprint density at radius 3 is 2.21 bits per heavy atom. The first kappa shape index (κ1) is 61.6. The zero-order chi connectivity index (χ0) is 54.4. The Morgan fingerprint density at radius 2 is 1.56 bits per heavy atom. The van der Waals surface area contributed by atoms with Crippen LogP contribution in [0, 0.1) is 40.9 Å². The average molecular weight is 1030 g/mol. The Kier molecular flexibility index (Phi) is 23.9. The van der Waals surface area contributed by atoms with Crippen LogP contribution in [0.2, 0.25) is 0 Å². The minimum absolute atomic E-state index is 0.00697. The van der Waals surface area contributed by atoms with Gasteiger partial charge < -0.3 is 53.7 Å². The van der Waals surface area contributed by atoms with E-state index in [0.29, 0.717) is 69.8 Å². The fourth-order valence-electron chi connectivity index (χ4n) is 10.7. The van der Waals surface area contributed by atoms with Gasteiger partial charge in [0.25, 0.3) is 11.7 Å². The number of piperidine rings is 1. The standard InChI is InChI=1S/C56H87NO16/c1-33-17-13-12-14-18-34(2)45(68-9)29-41-22-20-39(7)56(67,73-41)51(63)52(64)57-24-16-15-19-42(57)53(65)71-46(30-43(60)35(3)26-38(6)49(62)50(70-11)48(61)37(5)25-33)36(4)27-40-21-23-44(47(28-40)69-10)72-54(66)55(8,31-58)32-59/h12-14,17-18,26,33,35-37,39-42,44-47,49-50,58-59,62,67H,15-16,19-25,27-32H2,1-11H3/b14-12?,17-13+,34-18?,38-26+/t33-,35-,36-,37-,39-,40+,41+,42?,44-,45+,46+,47-,49-,50+,56-/m1/s1. The number of fused-ring (bicyclic) bond motifs is 3. The lowest BCUT2D eigenvalue weighted by atomic mass is 9.78. The van der Waals surface area contributed by atoms with Gasteiger partial charge in [-0.15, -0.1) is 0 Å². The van der Waals surface area contributed by atoms with E-state index in [1.807, 2.05) is 51.2 Å². The third-order valence-corrected chi connectivity index (χ3v) is 15.9. The van der Waals surface area contributed by atoms with Crippen LogP contribution >= 0.6 is 0 Å². The van der Waals surface area contributed by atoms with E-state index in [2.05, 4.69) is 0 Å². The third-order valence-electron chi connectivity index (χ3n) is 15.9. The molecule has 412 valence electrons. The molecule has 2 saturated heterocycles. The van der Waals surface area contributed by atoms with E-state index in [1.54, 1.807) is 40.9 Å². The molecule has 0 aromatic carbocycles. The number of allylic oxidation sites excluding steroid dienone is 6. The molecule has 3 heterocycles. The molecule has 1 aliphatic carbocycles. The molecule has 1 saturated carbocycles. The van der Waals surface area contributed by atoms with Crippen LogP contribution in [-0.4, -0.2) is 156 Å². The summed E-state index contributed by atoms with van der Waals surface area (Å²) in [7, 11) is 4.43. The number of rotatable bonds is 10. The molecule has 4 aliphatic rings. The first-order chi connectivity index (χ1) is 34.5. The number of esters is 2. The van der Waals surface area contributed by atoms with E-state index < -0.39 is 120 Å². The van der Waals surface area contributed by atoms with Crippen LogP contribution in [0.15, 0.2) is 47.6 Å². The molecule has 3 fully saturated rings. The Labute approximate surface area is 433 Å². The number of carbonyl (C=O) groups excluding carboxylic acids is 6. The molecule has 3 aliphatic heterocycles. The van der Waals surface area contributed by atoms with Crippen LogP contribution < -0.4 is 0 Å². The van der Waals surface area contributed by atoms with E-state index in [1.165, 1.54) is 21.1 Å². The zero-order valence-corrected chi connectivity index (χ0v) is 45.3. The van der Waals surface area contributed by atoms with Gasteiger partial charge in [0.1, 0.15) is 41.7 Å². The number of hydrogen-bond acceptors (Lipinski definition) is 16. The highest BCUT2D eigenvalue weighted by atomic mass is 16.6. The van der Waals surface area contributed by atoms with Crippen LogP contribution in [-0.2, 0) is 57.2 Å². The molecule has 17 heteroatoms. The van der Waals surface area contributed by atoms with E-state index in [4.69, 9.17) is 28.4 Å². The predicted molar refractivity (Wildman–Crippen MR) is 271 cm³/mol. The number of hydrogen-bond donors (Lipinski definition) is 4. The monoisotopic (exact) mass is 1030 g/mol. The third kappa shape index (κ3) is 16.0. The molecule has 1 amide bonds. The number of Topliss-reactive ketones (excluding diaryl/α,β-unsaturated/α-hetero) is 3. The highest BCUT2D eigenvalue weighted by Crippen LogP contribution is 2.38. The summed E-state index contributed by atoms with van der Waals surface area (Å²) in [4.78, 5) is 85.4. The zero-order valence-electron chi connectivity index (χ0n) is 45.3. The van der Waals surface area contributed by atoms with Crippen molar-refractivity contribution in [1.82, 2.24) is 4.90 Å². The molecule has 4 N–H and O–H groups in total. The number of nitrogens with zero attached hydrogens (tertiary/aromatic N) is 1. The summed E-state index contributed by atoms with van der Waals surface area (Å²) >= 11 is 0. The fraction of sp³-hybridized carbons (Fsp3) is 0.750. The number of ketones is 3. The van der Waals surface area contributed by atoms with E-state index in [9.17, 15) is 49.2 Å². The summed E-state index contributed by atoms with van der Waals surface area (Å²) in [6.45, 7) is 12.7. The maximum Gasteiger partial charge on any atom is 0.329 e. The molecule has 0 spiro atoms. The van der Waals surface area contributed by atoms with E-state index >= 15 is 0 Å². The van der Waals surface area contributed by atoms with Crippen molar-refractivity contribution in [3.05, 3.63) is 47.6 Å². The van der Waals surface area contributed by atoms with Gasteiger partial charge in [-0.2, -0.15) is 0 Å². The number of amides is 1. The van der Waals surface area contributed by atoms with E-state index in [0.717, 1.165) is 10.5 Å². The maximum atomic E-state index is 14.5. The normalized spacial score (nSPS) is 36.3. The van der Waals surface area contributed by atoms with Crippen LogP contribution in [0.4, 0.5) is 0 Å². The maximum absolute atomic E-state index is 14.5. The Morgan fingerprint density at radius 1 is 0.863 bits per heavy atom. The predicted octanol–water partition coefficient (Wildman–Crippen LogP) is 5.72. The van der Waals surface area contributed by atoms with Gasteiger partial charge in [-0.3, -0.25) is 24.0 Å². The van der Waals surface area contributed by atoms with Gasteiger partial charge in [0, 0.05) is 58.5 Å². The fourth-order valence-corrected chi connectivity index (χ4v) is 10.7. The van der Waals surface area contributed by atoms with Crippen molar-refractivity contribution in [2.75, 3.05) is 41.1 Å². The minimum atomic E-state index is -2.47. The molecule has 0 aromatic rings. The number of cyclic esters (lactones) is 1. The lowest BCUT2D eigenvalue weighted by molar-refractivity contribution is -0.265. The smallest absolute Gasteiger partial charge is 0.329 e. The van der Waals surface area contributed by atoms with Crippen molar-refractivity contribution in [2.24, 2.45) is 40.9 Å². The molecule has 15 atom stereocenters. The summed E-state index contributed by atoms with van der Waals surface area (Å²) in [5, 5.41) is 43.1. The average Bonchev–Trinajstić information content (AvgIpc) is 3.37. The van der Waals surface area contributed by atoms with Crippen molar-refractivity contribution < 1.29 is 77.6 Å². The van der Waals surface area contributed by atoms with Gasteiger partial charge in [-0.1, -0.05) is 71.1 Å². The van der Waals surface area contributed by atoms with Crippen molar-refractivity contribution >= 4 is 35.2 Å². The lowest BCUT2D eigenvalue weighted by Gasteiger charge is -2.42. The summed E-state index contributed by atoms with van der Waals surface area (Å²) in [5.41, 5.74) is -0.277. The summed E-state index contributed by atoms with van der Waals surface area (Å²) in [5.74, 6) is -9.36. The molecule has 2 bridgehead atoms. The molecule has 0 aromatic heterocycles. The first-order valence-electron chi connectivity index (χ1n) is 26.4. The van der Waals surface area contributed by atoms with Gasteiger partial charge >= 0.3 is 11.9 Å². The quantitative estimate of drug-likeness (QED) is 0.116. The largest absolute Gasteiger partial charge is 0.460 e. The van der Waals surface area contributed by atoms with E-state index in [-0.39, 0.29) is 42.8 Å². The summed E-state index contributed by atoms with van der Waals surface area (Å²) in [6, 6.07) is -1.20. The van der Waals surface area contributed by atoms with Crippen molar-refractivity contribution in [2.45, 2.75) is 187 Å². The second-order valence-corrected chi connectivity index (χ2v) is 21.8. The van der Waals surface area contributed by atoms with Gasteiger partial charge in [0.05, 0.1) is 31.5 Å². The Hall–Kier alpha value is -3.94. The second-order valence-electron chi connectivity index (χ2n) is 21.8. The van der Waals surface area contributed by atoms with Crippen LogP contribution in [0.5, 0.6) is 0 Å². The van der Waals surface area contributed by atoms with Gasteiger partial charge in [-0.25, -0.2) is 4.79 Å². The molecule has 0 radical (unpaired) electrons. The van der Waals surface area contributed by atoms with Crippen molar-refractivity contribution in [1.29, 1.82) is 0 Å². The number of methoxy groups -OCH3 is 3. The van der Waals surface area contributed by atoms with Crippen molar-refractivity contribution in [3.63, 3.8) is 0 Å². The second kappa shape index (κ2) is 28.3. The Bertz CT molecular complexity index is 2010. The number of aliphatic hydroxyl groups excluding tert-OH is 3. The topological polar surface area (TPSA) is 242 Å². The molecular weight excluding hydrogens is 943 g/mol. The number of aliphatic hydroxyl groups is 4. The Balaban J connectivity index is 1.69. The summed E-state index contributed by atoms with van der Waals surface area (Å²) < 4.78 is 35.4. The highest BCUT2D eigenvalue weighted by Gasteiger charge is 2.53. The van der Waals surface area contributed by atoms with Crippen LogP contribution in [0.1, 0.15) is 132 Å². The number of ether oxygens (including phenoxy) is 6. The van der Waals surface area contributed by atoms with Crippen LogP contribution in [0.3, 0.4) is 0 Å². The number of carbonyl (C=O) groups is 6. The molecule has 1 unspecified atom stereocenters. The first-order valence-corrected chi connectivity index (χ1v) is 26.4. The minimum Gasteiger partial charge on any atom is -0.460 e. The van der Waals surface area contributed by atoms with Gasteiger partial charge in [0.2, 0.25) is 5.79 Å². The SMILES string of the molecule is CO[C@H]1C[C@@H]2CC[C@@H](C)[C@@](O)(O2)C(=O)C(=O)N2CCCCC2C(=O)O[C@H]([C@H](C)C[C@@H]2CC[C@@H](OC(=O)C(C)(CO)CO)[C@H](OC)C2)CC(=O)[C@H](C)/C=C(\C)[C@@H](O)[C@@H](OC)C(=O)[C@H](C)C[C@H](C)/C=C/C=CC=C1C. The molecule has 73 heavy (non-hydrogen) atoms. The lowest BCUT2D eigenvalue weighted by Crippen LogP contribution is -2.61. The van der Waals surface area contributed by atoms with Crippen molar-refractivity contribution in [3.8, 4) is 0 Å². The molecule has 17 nitrogen and oxygen atoms in total. The van der Waals surface area contributed by atoms with Gasteiger partial charge in [-0.05, 0) is 114 Å². The highest BCUT2D eigenvalue weighted by molar-refractivity contribution is 6.39. The van der Waals surface area contributed by atoms with Gasteiger partial charge in [0.15, 0.2) is 5.78 Å². The molecular formula is C56H87NO16. The molecule has 4 rings (SSSR count). The van der Waals surface area contributed by atoms with Crippen LogP contribution in [0.25, 0.3) is 0 Å². The summed E-state index contributed by atoms with van der Waals surface area (Å²) in [6.07, 6.45) is 9.76.